The summed E-state index contributed by atoms with van der Waals surface area (Å²) in [5, 5.41) is 10.3. The molecule has 29 heavy (non-hydrogen) atoms. The van der Waals surface area contributed by atoms with Crippen molar-refractivity contribution in [2.24, 2.45) is 5.92 Å². The van der Waals surface area contributed by atoms with Crippen molar-refractivity contribution in [1.82, 2.24) is 4.90 Å². The molecule has 1 amide bonds. The van der Waals surface area contributed by atoms with Gasteiger partial charge in [-0.15, -0.1) is 11.8 Å². The van der Waals surface area contributed by atoms with E-state index >= 15 is 0 Å². The van der Waals surface area contributed by atoms with Crippen molar-refractivity contribution >= 4 is 11.9 Å². The minimum Gasteiger partial charge on any atom is -0.465 e. The topological polar surface area (TPSA) is 66.8 Å². The number of rotatable bonds is 8. The van der Waals surface area contributed by atoms with E-state index in [1.807, 2.05) is 37.0 Å². The van der Waals surface area contributed by atoms with Crippen LogP contribution < -0.4 is 0 Å². The van der Waals surface area contributed by atoms with Gasteiger partial charge in [-0.05, 0) is 36.5 Å². The molecule has 5 heteroatoms. The summed E-state index contributed by atoms with van der Waals surface area (Å²) in [4.78, 5) is 25.7. The van der Waals surface area contributed by atoms with Gasteiger partial charge in [-0.3, -0.25) is 4.79 Å². The number of methoxy groups -OCH3 is 1. The summed E-state index contributed by atoms with van der Waals surface area (Å²) in [6.45, 7) is 4.60. The Morgan fingerprint density at radius 3 is 2.72 bits per heavy atom. The second-order valence-electron chi connectivity index (χ2n) is 7.40. The lowest BCUT2D eigenvalue weighted by Gasteiger charge is -2.23. The van der Waals surface area contributed by atoms with E-state index in [0.717, 1.165) is 18.4 Å². The summed E-state index contributed by atoms with van der Waals surface area (Å²) >= 11 is 0. The van der Waals surface area contributed by atoms with Crippen molar-refractivity contribution in [3.05, 3.63) is 47.5 Å². The van der Waals surface area contributed by atoms with Gasteiger partial charge < -0.3 is 14.7 Å². The highest BCUT2D eigenvalue weighted by Gasteiger charge is 2.28. The summed E-state index contributed by atoms with van der Waals surface area (Å²) in [6, 6.07) is 7.27. The molecule has 1 aromatic carbocycles. The van der Waals surface area contributed by atoms with Crippen LogP contribution in [0.15, 0.2) is 36.4 Å². The first kappa shape index (κ1) is 22.7. The third-order valence-corrected chi connectivity index (χ3v) is 5.23. The molecule has 1 N–H and O–H groups in total. The molecule has 1 fully saturated rings. The second-order valence-corrected chi connectivity index (χ2v) is 7.40. The Hall–Kier alpha value is -2.58. The number of hydrogen-bond donors (Lipinski definition) is 1. The minimum absolute atomic E-state index is 0.0143. The second kappa shape index (κ2) is 11.4. The Morgan fingerprint density at radius 2 is 2.07 bits per heavy atom. The lowest BCUT2D eigenvalue weighted by atomic mass is 10.00. The number of benzene rings is 1. The van der Waals surface area contributed by atoms with Crippen molar-refractivity contribution < 1.29 is 19.4 Å². The van der Waals surface area contributed by atoms with Crippen LogP contribution in [0.4, 0.5) is 0 Å². The number of carbonyl (C=O) groups excluding carboxylic acids is 2. The molecular weight excluding hydrogens is 366 g/mol. The summed E-state index contributed by atoms with van der Waals surface area (Å²) in [5.74, 6) is 5.94. The number of nitrogens with zero attached hydrogens (tertiary/aromatic N) is 1. The quantitative estimate of drug-likeness (QED) is 0.415. The van der Waals surface area contributed by atoms with Crippen LogP contribution in [0.25, 0.3) is 0 Å². The fourth-order valence-corrected chi connectivity index (χ4v) is 3.33. The highest BCUT2D eigenvalue weighted by molar-refractivity contribution is 5.89. The predicted octanol–water partition coefficient (Wildman–Crippen LogP) is 3.36. The van der Waals surface area contributed by atoms with Gasteiger partial charge in [0.05, 0.1) is 24.8 Å². The van der Waals surface area contributed by atoms with E-state index in [9.17, 15) is 14.7 Å². The molecular formula is C24H31NO4. The molecule has 2 rings (SSSR count). The van der Waals surface area contributed by atoms with E-state index in [4.69, 9.17) is 4.74 Å². The van der Waals surface area contributed by atoms with Crippen molar-refractivity contribution in [2.45, 2.75) is 58.1 Å². The number of aliphatic hydroxyl groups excluding tert-OH is 1. The van der Waals surface area contributed by atoms with Crippen LogP contribution >= 0.6 is 0 Å². The first-order valence-corrected chi connectivity index (χ1v) is 10.2. The van der Waals surface area contributed by atoms with E-state index in [-0.39, 0.29) is 23.8 Å². The van der Waals surface area contributed by atoms with Gasteiger partial charge >= 0.3 is 5.97 Å². The number of ether oxygens (including phenoxy) is 1. The molecule has 0 bridgehead atoms. The third kappa shape index (κ3) is 6.76. The molecule has 0 aromatic heterocycles. The standard InChI is InChI=1S/C24H31NO4/c1-4-5-6-7-18(2)22(26)14-12-21-13-15-23(27)25(21)17-16-19-8-10-20(11-9-19)24(28)29-3/h8-12,14,18,21-22,26H,4,7,13,15-17H2,1-3H3/t18-,21?,22+/m0/s1. The van der Waals surface area contributed by atoms with Crippen molar-refractivity contribution in [3.63, 3.8) is 0 Å². The normalized spacial score (nSPS) is 18.4. The molecule has 1 aliphatic heterocycles. The Balaban J connectivity index is 1.92. The van der Waals surface area contributed by atoms with E-state index in [1.54, 1.807) is 18.2 Å². The largest absolute Gasteiger partial charge is 0.465 e. The highest BCUT2D eigenvalue weighted by atomic mass is 16.5. The molecule has 1 aliphatic rings. The Kier molecular flexibility index (Phi) is 8.95. The number of carbonyl (C=O) groups is 2. The Bertz CT molecular complexity index is 772. The average molecular weight is 398 g/mol. The zero-order valence-corrected chi connectivity index (χ0v) is 17.6. The summed E-state index contributed by atoms with van der Waals surface area (Å²) < 4.78 is 4.71. The molecule has 1 heterocycles. The highest BCUT2D eigenvalue weighted by Crippen LogP contribution is 2.21. The van der Waals surface area contributed by atoms with Crippen LogP contribution in [-0.2, 0) is 16.0 Å². The molecule has 0 saturated carbocycles. The fraction of sp³-hybridized carbons (Fsp3) is 0.500. The van der Waals surface area contributed by atoms with Crippen molar-refractivity contribution in [2.75, 3.05) is 13.7 Å². The zero-order chi connectivity index (χ0) is 21.2. The van der Waals surface area contributed by atoms with Crippen LogP contribution in [0.3, 0.4) is 0 Å². The number of amides is 1. The molecule has 3 atom stereocenters. The van der Waals surface area contributed by atoms with Crippen LogP contribution in [0, 0.1) is 17.8 Å². The van der Waals surface area contributed by atoms with Gasteiger partial charge in [0.25, 0.3) is 0 Å². The maximum Gasteiger partial charge on any atom is 0.337 e. The van der Waals surface area contributed by atoms with Gasteiger partial charge in [0.1, 0.15) is 0 Å². The molecule has 0 spiro atoms. The molecule has 1 saturated heterocycles. The van der Waals surface area contributed by atoms with Gasteiger partial charge in [0.15, 0.2) is 0 Å². The molecule has 156 valence electrons. The maximum absolute atomic E-state index is 12.3. The number of hydrogen-bond acceptors (Lipinski definition) is 4. The number of likely N-dealkylation sites (tertiary alicyclic amines) is 1. The summed E-state index contributed by atoms with van der Waals surface area (Å²) in [5.41, 5.74) is 1.57. The lowest BCUT2D eigenvalue weighted by molar-refractivity contribution is -0.128. The van der Waals surface area contributed by atoms with Crippen LogP contribution in [0.5, 0.6) is 0 Å². The minimum atomic E-state index is -0.565. The molecule has 5 nitrogen and oxygen atoms in total. The van der Waals surface area contributed by atoms with E-state index in [1.165, 1.54) is 7.11 Å². The van der Waals surface area contributed by atoms with Gasteiger partial charge in [-0.25, -0.2) is 4.79 Å². The van der Waals surface area contributed by atoms with E-state index in [2.05, 4.69) is 11.8 Å². The molecule has 1 unspecified atom stereocenters. The zero-order valence-electron chi connectivity index (χ0n) is 17.6. The summed E-state index contributed by atoms with van der Waals surface area (Å²) in [7, 11) is 1.36. The van der Waals surface area contributed by atoms with Crippen LogP contribution in [0.2, 0.25) is 0 Å². The van der Waals surface area contributed by atoms with Gasteiger partial charge in [0, 0.05) is 25.8 Å². The van der Waals surface area contributed by atoms with Gasteiger partial charge in [0.2, 0.25) is 5.91 Å². The molecule has 1 aromatic rings. The smallest absolute Gasteiger partial charge is 0.337 e. The Morgan fingerprint density at radius 1 is 1.34 bits per heavy atom. The fourth-order valence-electron chi connectivity index (χ4n) is 3.33. The lowest BCUT2D eigenvalue weighted by Crippen LogP contribution is -2.34. The monoisotopic (exact) mass is 397 g/mol. The SMILES string of the molecule is CCC#CC[C@H](C)[C@H](O)C=CC1CCC(=O)N1CCc1ccc(C(=O)OC)cc1. The van der Waals surface area contributed by atoms with E-state index in [0.29, 0.717) is 31.4 Å². The number of aliphatic hydroxyl groups is 1. The predicted molar refractivity (Wildman–Crippen MR) is 113 cm³/mol. The van der Waals surface area contributed by atoms with Gasteiger partial charge in [-0.2, -0.15) is 0 Å². The van der Waals surface area contributed by atoms with Crippen LogP contribution in [-0.4, -0.2) is 47.7 Å². The number of esters is 1. The van der Waals surface area contributed by atoms with Crippen LogP contribution in [0.1, 0.15) is 55.5 Å². The summed E-state index contributed by atoms with van der Waals surface area (Å²) in [6.07, 6.45) is 6.70. The van der Waals surface area contributed by atoms with E-state index < -0.39 is 6.10 Å². The van der Waals surface area contributed by atoms with Crippen molar-refractivity contribution in [3.8, 4) is 11.8 Å². The molecule has 0 aliphatic carbocycles. The first-order chi connectivity index (χ1) is 14.0. The Labute approximate surface area is 173 Å². The average Bonchev–Trinajstić information content (AvgIpc) is 3.09. The molecule has 0 radical (unpaired) electrons. The third-order valence-electron chi connectivity index (χ3n) is 5.23. The first-order valence-electron chi connectivity index (χ1n) is 10.2. The maximum atomic E-state index is 12.3. The van der Waals surface area contributed by atoms with Crippen molar-refractivity contribution in [1.29, 1.82) is 0 Å². The van der Waals surface area contributed by atoms with Gasteiger partial charge in [-0.1, -0.05) is 38.1 Å².